The van der Waals surface area contributed by atoms with Gasteiger partial charge in [-0.2, -0.15) is 5.26 Å². The van der Waals surface area contributed by atoms with E-state index in [1.807, 2.05) is 32.0 Å². The average Bonchev–Trinajstić information content (AvgIpc) is 3.13. The van der Waals surface area contributed by atoms with Gasteiger partial charge in [-0.3, -0.25) is 0 Å². The zero-order chi connectivity index (χ0) is 36.4. The number of para-hydroxylation sites is 1. The Labute approximate surface area is 300 Å². The Morgan fingerprint density at radius 3 is 2.02 bits per heavy atom. The van der Waals surface area contributed by atoms with Crippen LogP contribution in [0.4, 0.5) is 5.69 Å². The number of hydrogen-bond acceptors (Lipinski definition) is 8. The van der Waals surface area contributed by atoms with Crippen LogP contribution >= 0.6 is 0 Å². The lowest BCUT2D eigenvalue weighted by atomic mass is 9.69. The summed E-state index contributed by atoms with van der Waals surface area (Å²) in [5.74, 6) is 4.26. The molecule has 8 heteroatoms. The molecule has 0 N–H and O–H groups in total. The number of fused-ring (bicyclic) bond motifs is 1. The molecule has 0 spiro atoms. The molecule has 0 saturated heterocycles. The predicted octanol–water partition coefficient (Wildman–Crippen LogP) is 9.71. The highest BCUT2D eigenvalue weighted by atomic mass is 16.5. The topological polar surface area (TPSA) is 82.4 Å². The van der Waals surface area contributed by atoms with Crippen molar-refractivity contribution in [2.24, 2.45) is 11.8 Å². The van der Waals surface area contributed by atoms with Crippen LogP contribution in [0.1, 0.15) is 96.4 Å². The summed E-state index contributed by atoms with van der Waals surface area (Å²) in [4.78, 5) is 2.62. The van der Waals surface area contributed by atoms with E-state index in [1.54, 1.807) is 28.4 Å². The van der Waals surface area contributed by atoms with Gasteiger partial charge in [-0.15, -0.1) is 0 Å². The standard InChI is InChI=1S/C42H58N2O6/c1-11-18-29(6)37-36-33(38(49-12-2)40(47-9)41(48-10)39(36)50-13-3)26-32(44(37)31-19-15-14-16-20-31)21-17-24-42(27-43,28(4)5)30-22-23-34(45-7)35(25-30)46-8/h14-16,19-20,22-23,25,28-29,32,37H,11-13,17-18,21,24,26H2,1-10H3/t29?,32-,37?,42-/m0/s1. The maximum Gasteiger partial charge on any atom is 0.207 e. The summed E-state index contributed by atoms with van der Waals surface area (Å²) in [6.45, 7) is 13.9. The first kappa shape index (κ1) is 38.6. The Balaban J connectivity index is 1.89. The first-order chi connectivity index (χ1) is 24.2. The highest BCUT2D eigenvalue weighted by Gasteiger charge is 2.44. The molecule has 2 unspecified atom stereocenters. The van der Waals surface area contributed by atoms with Gasteiger partial charge in [0, 0.05) is 22.9 Å². The molecular formula is C42H58N2O6. The molecule has 0 fully saturated rings. The van der Waals surface area contributed by atoms with Crippen molar-refractivity contribution in [3.05, 3.63) is 65.2 Å². The largest absolute Gasteiger partial charge is 0.493 e. The molecule has 1 aliphatic heterocycles. The van der Waals surface area contributed by atoms with E-state index in [9.17, 15) is 5.26 Å². The van der Waals surface area contributed by atoms with Gasteiger partial charge in [-0.05, 0) is 87.6 Å². The zero-order valence-corrected chi connectivity index (χ0v) is 31.9. The number of rotatable bonds is 18. The van der Waals surface area contributed by atoms with Crippen molar-refractivity contribution in [3.8, 4) is 40.6 Å². The summed E-state index contributed by atoms with van der Waals surface area (Å²) >= 11 is 0. The fourth-order valence-corrected chi connectivity index (χ4v) is 8.03. The summed E-state index contributed by atoms with van der Waals surface area (Å²) in [5, 5.41) is 10.9. The Morgan fingerprint density at radius 1 is 0.820 bits per heavy atom. The van der Waals surface area contributed by atoms with Crippen LogP contribution in [0.3, 0.4) is 0 Å². The van der Waals surface area contributed by atoms with Crippen LogP contribution < -0.4 is 33.3 Å². The van der Waals surface area contributed by atoms with Gasteiger partial charge in [0.25, 0.3) is 0 Å². The Morgan fingerprint density at radius 2 is 1.46 bits per heavy atom. The summed E-state index contributed by atoms with van der Waals surface area (Å²) in [5.41, 5.74) is 3.66. The predicted molar refractivity (Wildman–Crippen MR) is 201 cm³/mol. The molecule has 0 saturated carbocycles. The van der Waals surface area contributed by atoms with E-state index in [-0.39, 0.29) is 23.9 Å². The first-order valence-electron chi connectivity index (χ1n) is 18.2. The van der Waals surface area contributed by atoms with Gasteiger partial charge >= 0.3 is 0 Å². The van der Waals surface area contributed by atoms with Gasteiger partial charge in [0.05, 0.1) is 59.2 Å². The number of hydrogen-bond donors (Lipinski definition) is 0. The van der Waals surface area contributed by atoms with Crippen molar-refractivity contribution >= 4 is 5.69 Å². The molecule has 1 aliphatic rings. The summed E-state index contributed by atoms with van der Waals surface area (Å²) < 4.78 is 36.2. The van der Waals surface area contributed by atoms with E-state index in [2.05, 4.69) is 69.0 Å². The lowest BCUT2D eigenvalue weighted by molar-refractivity contribution is 0.255. The second-order valence-corrected chi connectivity index (χ2v) is 13.5. The third-order valence-corrected chi connectivity index (χ3v) is 10.4. The van der Waals surface area contributed by atoms with Crippen molar-refractivity contribution < 1.29 is 28.4 Å². The molecule has 4 atom stereocenters. The molecule has 50 heavy (non-hydrogen) atoms. The van der Waals surface area contributed by atoms with E-state index in [1.165, 1.54) is 5.69 Å². The monoisotopic (exact) mass is 686 g/mol. The van der Waals surface area contributed by atoms with Crippen LogP contribution in [-0.2, 0) is 11.8 Å². The van der Waals surface area contributed by atoms with Gasteiger partial charge in [-0.25, -0.2) is 0 Å². The minimum atomic E-state index is -0.701. The lowest BCUT2D eigenvalue weighted by Crippen LogP contribution is -2.47. The second-order valence-electron chi connectivity index (χ2n) is 13.5. The molecule has 272 valence electrons. The molecule has 1 heterocycles. The fraction of sp³-hybridized carbons (Fsp3) is 0.548. The Bertz CT molecular complexity index is 1590. The van der Waals surface area contributed by atoms with Crippen molar-refractivity contribution in [1.82, 2.24) is 0 Å². The second kappa shape index (κ2) is 17.6. The van der Waals surface area contributed by atoms with Gasteiger partial charge in [-0.1, -0.05) is 58.4 Å². The highest BCUT2D eigenvalue weighted by Crippen LogP contribution is 2.57. The van der Waals surface area contributed by atoms with Crippen molar-refractivity contribution in [2.75, 3.05) is 46.6 Å². The fourth-order valence-electron chi connectivity index (χ4n) is 8.03. The maximum absolute atomic E-state index is 10.9. The van der Waals surface area contributed by atoms with Gasteiger partial charge in [0.2, 0.25) is 11.5 Å². The minimum absolute atomic E-state index is 0.0108. The Kier molecular flexibility index (Phi) is 13.6. The molecule has 0 radical (unpaired) electrons. The van der Waals surface area contributed by atoms with E-state index in [4.69, 9.17) is 28.4 Å². The summed E-state index contributed by atoms with van der Waals surface area (Å²) in [6, 6.07) is 19.5. The summed E-state index contributed by atoms with van der Waals surface area (Å²) in [6.07, 6.45) is 5.23. The first-order valence-corrected chi connectivity index (χ1v) is 18.2. The zero-order valence-electron chi connectivity index (χ0n) is 31.9. The quantitative estimate of drug-likeness (QED) is 0.131. The molecule has 4 rings (SSSR count). The third-order valence-electron chi connectivity index (χ3n) is 10.4. The molecule has 8 nitrogen and oxygen atoms in total. The Hall–Kier alpha value is -4.25. The van der Waals surface area contributed by atoms with Crippen molar-refractivity contribution in [1.29, 1.82) is 5.26 Å². The molecule has 0 aromatic heterocycles. The third kappa shape index (κ3) is 7.43. The minimum Gasteiger partial charge on any atom is -0.493 e. The van der Waals surface area contributed by atoms with E-state index >= 15 is 0 Å². The number of nitriles is 1. The number of anilines is 1. The normalized spacial score (nSPS) is 17.3. The van der Waals surface area contributed by atoms with E-state index in [0.717, 1.165) is 60.3 Å². The number of benzene rings is 3. The summed E-state index contributed by atoms with van der Waals surface area (Å²) in [7, 11) is 6.60. The smallest absolute Gasteiger partial charge is 0.207 e. The van der Waals surface area contributed by atoms with Crippen LogP contribution in [0.25, 0.3) is 0 Å². The van der Waals surface area contributed by atoms with Crippen LogP contribution in [0.15, 0.2) is 48.5 Å². The SMILES string of the molecule is CCCC(C)C1c2c(c(OCC)c(OC)c(OC)c2OCC)C[C@H](CCC[C@@](C#N)(c2ccc(OC)c(OC)c2)C(C)C)N1c1ccccc1. The van der Waals surface area contributed by atoms with Crippen molar-refractivity contribution in [2.45, 2.75) is 97.6 Å². The van der Waals surface area contributed by atoms with E-state index in [0.29, 0.717) is 42.6 Å². The van der Waals surface area contributed by atoms with Crippen LogP contribution in [-0.4, -0.2) is 47.7 Å². The van der Waals surface area contributed by atoms with Gasteiger partial charge in [0.1, 0.15) is 0 Å². The molecule has 3 aromatic carbocycles. The van der Waals surface area contributed by atoms with Crippen LogP contribution in [0.2, 0.25) is 0 Å². The number of nitrogens with zero attached hydrogens (tertiary/aromatic N) is 2. The van der Waals surface area contributed by atoms with E-state index < -0.39 is 5.41 Å². The van der Waals surface area contributed by atoms with Gasteiger partial charge < -0.3 is 33.3 Å². The van der Waals surface area contributed by atoms with Gasteiger partial charge in [0.15, 0.2) is 23.0 Å². The molecular weight excluding hydrogens is 628 g/mol. The van der Waals surface area contributed by atoms with Crippen LogP contribution in [0, 0.1) is 23.2 Å². The molecule has 3 aromatic rings. The highest BCUT2D eigenvalue weighted by molar-refractivity contribution is 5.71. The molecule has 0 aliphatic carbocycles. The molecule has 0 bridgehead atoms. The lowest BCUT2D eigenvalue weighted by Gasteiger charge is -2.48. The number of ether oxygens (including phenoxy) is 6. The van der Waals surface area contributed by atoms with Crippen molar-refractivity contribution in [3.63, 3.8) is 0 Å². The molecule has 0 amide bonds. The maximum atomic E-state index is 10.9. The van der Waals surface area contributed by atoms with Crippen LogP contribution in [0.5, 0.6) is 34.5 Å². The number of methoxy groups -OCH3 is 4. The average molecular weight is 687 g/mol.